The Bertz CT molecular complexity index is 1030. The Hall–Kier alpha value is -3.02. The molecule has 160 valence electrons. The first-order valence-electron chi connectivity index (χ1n) is 10.4. The van der Waals surface area contributed by atoms with Crippen LogP contribution >= 0.6 is 11.6 Å². The van der Waals surface area contributed by atoms with Crippen molar-refractivity contribution in [3.05, 3.63) is 77.8 Å². The van der Waals surface area contributed by atoms with E-state index in [0.29, 0.717) is 16.5 Å². The van der Waals surface area contributed by atoms with Crippen LogP contribution in [-0.2, 0) is 4.79 Å². The standard InChI is InChI=1S/C25H26ClN3O2/c1-28-13-15-29(16-14-28)23-12-11-20(26)17-22(23)27-25(30)18-31-24-10-6-5-9-21(24)19-7-3-2-4-8-19/h2-12,17H,13-16,18H2,1H3,(H,27,30). The number of hydrogen-bond donors (Lipinski definition) is 1. The van der Waals surface area contributed by atoms with Crippen molar-refractivity contribution < 1.29 is 9.53 Å². The summed E-state index contributed by atoms with van der Waals surface area (Å²) in [6.45, 7) is 3.69. The van der Waals surface area contributed by atoms with Gasteiger partial charge in [-0.25, -0.2) is 0 Å². The highest BCUT2D eigenvalue weighted by Crippen LogP contribution is 2.31. The second kappa shape index (κ2) is 9.86. The van der Waals surface area contributed by atoms with Gasteiger partial charge in [0.15, 0.2) is 6.61 Å². The van der Waals surface area contributed by atoms with Crippen LogP contribution in [0.5, 0.6) is 5.75 Å². The summed E-state index contributed by atoms with van der Waals surface area (Å²) in [6, 6.07) is 23.4. The van der Waals surface area contributed by atoms with Gasteiger partial charge in [0.05, 0.1) is 11.4 Å². The highest BCUT2D eigenvalue weighted by atomic mass is 35.5. The molecule has 1 aliphatic rings. The van der Waals surface area contributed by atoms with Gasteiger partial charge >= 0.3 is 0 Å². The largest absolute Gasteiger partial charge is 0.483 e. The number of rotatable bonds is 6. The van der Waals surface area contributed by atoms with E-state index in [0.717, 1.165) is 43.0 Å². The molecule has 3 aromatic rings. The van der Waals surface area contributed by atoms with Crippen molar-refractivity contribution in [1.29, 1.82) is 0 Å². The first-order chi connectivity index (χ1) is 15.1. The first-order valence-corrected chi connectivity index (χ1v) is 10.8. The van der Waals surface area contributed by atoms with E-state index >= 15 is 0 Å². The minimum atomic E-state index is -0.222. The van der Waals surface area contributed by atoms with Crippen molar-refractivity contribution in [2.75, 3.05) is 50.1 Å². The third-order valence-corrected chi connectivity index (χ3v) is 5.64. The molecule has 0 radical (unpaired) electrons. The molecule has 0 aromatic heterocycles. The van der Waals surface area contributed by atoms with E-state index in [4.69, 9.17) is 16.3 Å². The maximum atomic E-state index is 12.7. The number of likely N-dealkylation sites (N-methyl/N-ethyl adjacent to an activating group) is 1. The normalized spacial score (nSPS) is 14.3. The number of halogens is 1. The highest BCUT2D eigenvalue weighted by molar-refractivity contribution is 6.31. The molecule has 1 fully saturated rings. The van der Waals surface area contributed by atoms with E-state index < -0.39 is 0 Å². The fourth-order valence-electron chi connectivity index (χ4n) is 3.71. The lowest BCUT2D eigenvalue weighted by Gasteiger charge is -2.35. The summed E-state index contributed by atoms with van der Waals surface area (Å²) in [6.07, 6.45) is 0. The highest BCUT2D eigenvalue weighted by Gasteiger charge is 2.18. The smallest absolute Gasteiger partial charge is 0.262 e. The average molecular weight is 436 g/mol. The van der Waals surface area contributed by atoms with Crippen LogP contribution in [0.1, 0.15) is 0 Å². The summed E-state index contributed by atoms with van der Waals surface area (Å²) in [5.74, 6) is 0.453. The lowest BCUT2D eigenvalue weighted by Crippen LogP contribution is -2.44. The Labute approximate surface area is 188 Å². The molecule has 4 rings (SSSR count). The van der Waals surface area contributed by atoms with E-state index in [9.17, 15) is 4.79 Å². The first kappa shape index (κ1) is 21.2. The van der Waals surface area contributed by atoms with E-state index in [2.05, 4.69) is 22.2 Å². The Balaban J connectivity index is 1.45. The predicted octanol–water partition coefficient (Wildman–Crippen LogP) is 4.78. The van der Waals surface area contributed by atoms with Crippen molar-refractivity contribution in [1.82, 2.24) is 4.90 Å². The number of para-hydroxylation sites is 1. The van der Waals surface area contributed by atoms with Crippen LogP contribution in [0.3, 0.4) is 0 Å². The fraction of sp³-hybridized carbons (Fsp3) is 0.240. The second-order valence-electron chi connectivity index (χ2n) is 7.65. The lowest BCUT2D eigenvalue weighted by molar-refractivity contribution is -0.118. The zero-order valence-corrected chi connectivity index (χ0v) is 18.3. The molecule has 1 heterocycles. The molecule has 0 bridgehead atoms. The minimum absolute atomic E-state index is 0.0848. The summed E-state index contributed by atoms with van der Waals surface area (Å²) in [7, 11) is 2.12. The van der Waals surface area contributed by atoms with Crippen LogP contribution in [0.4, 0.5) is 11.4 Å². The Kier molecular flexibility index (Phi) is 6.75. The van der Waals surface area contributed by atoms with E-state index in [-0.39, 0.29) is 12.5 Å². The molecule has 0 saturated carbocycles. The number of nitrogens with one attached hydrogen (secondary N) is 1. The summed E-state index contributed by atoms with van der Waals surface area (Å²) in [5, 5.41) is 3.57. The van der Waals surface area contributed by atoms with Gasteiger partial charge in [-0.1, -0.05) is 60.1 Å². The van der Waals surface area contributed by atoms with E-state index in [1.54, 1.807) is 6.07 Å². The summed E-state index contributed by atoms with van der Waals surface area (Å²) < 4.78 is 5.89. The minimum Gasteiger partial charge on any atom is -0.483 e. The molecule has 3 aromatic carbocycles. The summed E-state index contributed by atoms with van der Waals surface area (Å²) in [4.78, 5) is 17.3. The number of benzene rings is 3. The van der Waals surface area contributed by atoms with Crippen LogP contribution < -0.4 is 15.0 Å². The third kappa shape index (κ3) is 5.37. The quantitative estimate of drug-likeness (QED) is 0.605. The summed E-state index contributed by atoms with van der Waals surface area (Å²) in [5.41, 5.74) is 3.69. The molecule has 5 nitrogen and oxygen atoms in total. The van der Waals surface area contributed by atoms with Crippen LogP contribution in [0, 0.1) is 0 Å². The molecule has 6 heteroatoms. The van der Waals surface area contributed by atoms with Gasteiger partial charge < -0.3 is 19.9 Å². The molecule has 0 aliphatic carbocycles. The molecular weight excluding hydrogens is 410 g/mol. The van der Waals surface area contributed by atoms with Crippen molar-refractivity contribution in [3.63, 3.8) is 0 Å². The lowest BCUT2D eigenvalue weighted by atomic mass is 10.1. The number of carbonyl (C=O) groups is 1. The Morgan fingerprint density at radius 1 is 0.968 bits per heavy atom. The summed E-state index contributed by atoms with van der Waals surface area (Å²) >= 11 is 6.21. The van der Waals surface area contributed by atoms with E-state index in [1.807, 2.05) is 66.7 Å². The van der Waals surface area contributed by atoms with Crippen molar-refractivity contribution >= 4 is 28.9 Å². The van der Waals surface area contributed by atoms with Gasteiger partial charge in [-0.3, -0.25) is 4.79 Å². The SMILES string of the molecule is CN1CCN(c2ccc(Cl)cc2NC(=O)COc2ccccc2-c2ccccc2)CC1. The van der Waals surface area contributed by atoms with Crippen LogP contribution in [-0.4, -0.2) is 50.6 Å². The van der Waals surface area contributed by atoms with Gasteiger partial charge in [-0.15, -0.1) is 0 Å². The maximum Gasteiger partial charge on any atom is 0.262 e. The van der Waals surface area contributed by atoms with E-state index in [1.165, 1.54) is 0 Å². The molecule has 31 heavy (non-hydrogen) atoms. The molecule has 0 unspecified atom stereocenters. The monoisotopic (exact) mass is 435 g/mol. The Morgan fingerprint density at radius 3 is 2.45 bits per heavy atom. The number of amides is 1. The molecule has 1 aliphatic heterocycles. The van der Waals surface area contributed by atoms with Crippen molar-refractivity contribution in [2.45, 2.75) is 0 Å². The molecule has 1 amide bonds. The molecule has 0 atom stereocenters. The molecule has 0 spiro atoms. The number of ether oxygens (including phenoxy) is 1. The van der Waals surface area contributed by atoms with Crippen LogP contribution in [0.2, 0.25) is 5.02 Å². The fourth-order valence-corrected chi connectivity index (χ4v) is 3.88. The maximum absolute atomic E-state index is 12.7. The average Bonchev–Trinajstić information content (AvgIpc) is 2.79. The number of hydrogen-bond acceptors (Lipinski definition) is 4. The van der Waals surface area contributed by atoms with Crippen LogP contribution in [0.25, 0.3) is 11.1 Å². The van der Waals surface area contributed by atoms with Gasteiger partial charge in [-0.05, 0) is 36.9 Å². The van der Waals surface area contributed by atoms with Gasteiger partial charge in [-0.2, -0.15) is 0 Å². The van der Waals surface area contributed by atoms with Gasteiger partial charge in [0.1, 0.15) is 5.75 Å². The number of carbonyl (C=O) groups excluding carboxylic acids is 1. The predicted molar refractivity (Wildman–Crippen MR) is 127 cm³/mol. The third-order valence-electron chi connectivity index (χ3n) is 5.41. The second-order valence-corrected chi connectivity index (χ2v) is 8.09. The zero-order chi connectivity index (χ0) is 21.6. The molecular formula is C25H26ClN3O2. The number of piperazine rings is 1. The zero-order valence-electron chi connectivity index (χ0n) is 17.6. The van der Waals surface area contributed by atoms with Crippen molar-refractivity contribution in [2.24, 2.45) is 0 Å². The molecule has 1 N–H and O–H groups in total. The van der Waals surface area contributed by atoms with Crippen molar-refractivity contribution in [3.8, 4) is 16.9 Å². The van der Waals surface area contributed by atoms with Gasteiger partial charge in [0.25, 0.3) is 5.91 Å². The van der Waals surface area contributed by atoms with Gasteiger partial charge in [0.2, 0.25) is 0 Å². The van der Waals surface area contributed by atoms with Gasteiger partial charge in [0, 0.05) is 36.8 Å². The molecule has 1 saturated heterocycles. The Morgan fingerprint density at radius 2 is 1.68 bits per heavy atom. The topological polar surface area (TPSA) is 44.8 Å². The number of anilines is 2. The number of nitrogens with zero attached hydrogens (tertiary/aromatic N) is 2. The van der Waals surface area contributed by atoms with Crippen LogP contribution in [0.15, 0.2) is 72.8 Å².